The lowest BCUT2D eigenvalue weighted by molar-refractivity contribution is -0.134. The molecule has 6 nitrogen and oxygen atoms in total. The van der Waals surface area contributed by atoms with E-state index in [0.717, 1.165) is 16.2 Å². The second-order valence-corrected chi connectivity index (χ2v) is 7.71. The van der Waals surface area contributed by atoms with Gasteiger partial charge in [-0.05, 0) is 35.9 Å². The van der Waals surface area contributed by atoms with Gasteiger partial charge in [-0.25, -0.2) is 0 Å². The SMILES string of the molecule is CC(=O)Oc1ccc(C2CC23N=C(c2ccccc2)SC3=O)cc1OC(C)=O. The fourth-order valence-electron chi connectivity index (χ4n) is 3.34. The highest BCUT2D eigenvalue weighted by Crippen LogP contribution is 2.60. The van der Waals surface area contributed by atoms with Gasteiger partial charge in [0.1, 0.15) is 10.6 Å². The van der Waals surface area contributed by atoms with Crippen LogP contribution >= 0.6 is 11.8 Å². The summed E-state index contributed by atoms with van der Waals surface area (Å²) in [5.41, 5.74) is 0.972. The number of esters is 2. The minimum absolute atomic E-state index is 0.0226. The largest absolute Gasteiger partial charge is 0.423 e. The molecular formula is C21H17NO5S. The molecule has 0 amide bonds. The third-order valence-corrected chi connectivity index (χ3v) is 5.73. The number of hydrogen-bond acceptors (Lipinski definition) is 7. The predicted molar refractivity (Wildman–Crippen MR) is 105 cm³/mol. The highest BCUT2D eigenvalue weighted by Gasteiger charge is 2.64. The molecule has 2 atom stereocenters. The van der Waals surface area contributed by atoms with Crippen molar-refractivity contribution in [3.8, 4) is 11.5 Å². The Bertz CT molecular complexity index is 1020. The maximum absolute atomic E-state index is 12.7. The summed E-state index contributed by atoms with van der Waals surface area (Å²) in [6.45, 7) is 2.55. The van der Waals surface area contributed by atoms with Gasteiger partial charge in [0.2, 0.25) is 5.12 Å². The molecule has 2 aromatic carbocycles. The van der Waals surface area contributed by atoms with Gasteiger partial charge < -0.3 is 9.47 Å². The van der Waals surface area contributed by atoms with Gasteiger partial charge in [0.05, 0.1) is 0 Å². The molecule has 1 aliphatic heterocycles. The Kier molecular flexibility index (Phi) is 4.55. The van der Waals surface area contributed by atoms with E-state index in [1.807, 2.05) is 30.3 Å². The second kappa shape index (κ2) is 6.91. The molecule has 1 saturated carbocycles. The fourth-order valence-corrected chi connectivity index (χ4v) is 4.43. The number of carbonyl (C=O) groups is 3. The van der Waals surface area contributed by atoms with Crippen LogP contribution in [-0.2, 0) is 14.4 Å². The Hall–Kier alpha value is -2.93. The number of benzene rings is 2. The van der Waals surface area contributed by atoms with Crippen LogP contribution in [-0.4, -0.2) is 27.6 Å². The Labute approximate surface area is 165 Å². The molecule has 28 heavy (non-hydrogen) atoms. The molecule has 2 aliphatic rings. The van der Waals surface area contributed by atoms with Gasteiger partial charge in [-0.1, -0.05) is 36.4 Å². The Balaban J connectivity index is 1.64. The van der Waals surface area contributed by atoms with Crippen molar-refractivity contribution in [1.29, 1.82) is 0 Å². The molecule has 1 aliphatic carbocycles. The van der Waals surface area contributed by atoms with Crippen LogP contribution in [0.25, 0.3) is 0 Å². The molecule has 0 aromatic heterocycles. The van der Waals surface area contributed by atoms with E-state index in [2.05, 4.69) is 0 Å². The molecule has 2 unspecified atom stereocenters. The first-order chi connectivity index (χ1) is 13.4. The van der Waals surface area contributed by atoms with Crippen LogP contribution in [0.1, 0.15) is 37.3 Å². The van der Waals surface area contributed by atoms with E-state index < -0.39 is 17.5 Å². The quantitative estimate of drug-likeness (QED) is 0.582. The molecular weight excluding hydrogens is 378 g/mol. The molecule has 7 heteroatoms. The van der Waals surface area contributed by atoms with Gasteiger partial charge in [0.15, 0.2) is 11.5 Å². The maximum Gasteiger partial charge on any atom is 0.308 e. The maximum atomic E-state index is 12.7. The van der Waals surface area contributed by atoms with Crippen LogP contribution in [0.4, 0.5) is 0 Å². The Morgan fingerprint density at radius 2 is 1.71 bits per heavy atom. The molecule has 4 rings (SSSR count). The van der Waals surface area contributed by atoms with Gasteiger partial charge in [-0.3, -0.25) is 19.4 Å². The zero-order valence-corrected chi connectivity index (χ0v) is 16.1. The van der Waals surface area contributed by atoms with Crippen molar-refractivity contribution in [2.75, 3.05) is 0 Å². The molecule has 142 valence electrons. The number of ether oxygens (including phenoxy) is 2. The number of nitrogens with zero attached hydrogens (tertiary/aromatic N) is 1. The number of aliphatic imine (C=N–C) groups is 1. The van der Waals surface area contributed by atoms with Gasteiger partial charge >= 0.3 is 11.9 Å². The molecule has 2 aromatic rings. The first-order valence-corrected chi connectivity index (χ1v) is 9.59. The summed E-state index contributed by atoms with van der Waals surface area (Å²) < 4.78 is 10.3. The van der Waals surface area contributed by atoms with E-state index >= 15 is 0 Å². The molecule has 1 fully saturated rings. The molecule has 0 radical (unpaired) electrons. The third-order valence-electron chi connectivity index (χ3n) is 4.67. The standard InChI is InChI=1S/C21H17NO5S/c1-12(23)26-17-9-8-15(10-18(17)27-13(2)24)16-11-21(16)20(25)28-19(22-21)14-6-4-3-5-7-14/h3-10,16H,11H2,1-2H3. The average molecular weight is 395 g/mol. The summed E-state index contributed by atoms with van der Waals surface area (Å²) >= 11 is 1.17. The first-order valence-electron chi connectivity index (χ1n) is 8.77. The van der Waals surface area contributed by atoms with Crippen molar-refractivity contribution in [1.82, 2.24) is 0 Å². The van der Waals surface area contributed by atoms with Crippen LogP contribution in [0.3, 0.4) is 0 Å². The minimum atomic E-state index is -0.772. The normalized spacial score (nSPS) is 22.7. The van der Waals surface area contributed by atoms with Crippen LogP contribution in [0.15, 0.2) is 53.5 Å². The zero-order chi connectivity index (χ0) is 19.9. The van der Waals surface area contributed by atoms with E-state index in [9.17, 15) is 14.4 Å². The van der Waals surface area contributed by atoms with Crippen molar-refractivity contribution < 1.29 is 23.9 Å². The minimum Gasteiger partial charge on any atom is -0.423 e. The van der Waals surface area contributed by atoms with Crippen molar-refractivity contribution in [2.24, 2.45) is 4.99 Å². The predicted octanol–water partition coefficient (Wildman–Crippen LogP) is 3.48. The van der Waals surface area contributed by atoms with Crippen molar-refractivity contribution in [3.05, 3.63) is 59.7 Å². The number of rotatable bonds is 4. The topological polar surface area (TPSA) is 82.0 Å². The van der Waals surface area contributed by atoms with Crippen LogP contribution in [0, 0.1) is 0 Å². The van der Waals surface area contributed by atoms with Gasteiger partial charge in [-0.2, -0.15) is 0 Å². The van der Waals surface area contributed by atoms with Gasteiger partial charge in [0, 0.05) is 25.3 Å². The summed E-state index contributed by atoms with van der Waals surface area (Å²) in [6.07, 6.45) is 0.599. The van der Waals surface area contributed by atoms with Crippen molar-refractivity contribution in [3.63, 3.8) is 0 Å². The van der Waals surface area contributed by atoms with Gasteiger partial charge in [0.25, 0.3) is 0 Å². The molecule has 0 bridgehead atoms. The monoisotopic (exact) mass is 395 g/mol. The van der Waals surface area contributed by atoms with Crippen LogP contribution in [0.5, 0.6) is 11.5 Å². The molecule has 1 spiro atoms. The summed E-state index contributed by atoms with van der Waals surface area (Å²) in [5.74, 6) is -0.805. The number of carbonyl (C=O) groups excluding carboxylic acids is 3. The van der Waals surface area contributed by atoms with Crippen molar-refractivity contribution in [2.45, 2.75) is 31.7 Å². The van der Waals surface area contributed by atoms with E-state index in [0.29, 0.717) is 6.42 Å². The third kappa shape index (κ3) is 3.33. The van der Waals surface area contributed by atoms with Crippen molar-refractivity contribution >= 4 is 33.9 Å². The Morgan fingerprint density at radius 3 is 2.39 bits per heavy atom. The van der Waals surface area contributed by atoms with Crippen LogP contribution < -0.4 is 9.47 Å². The summed E-state index contributed by atoms with van der Waals surface area (Å²) in [4.78, 5) is 40.1. The zero-order valence-electron chi connectivity index (χ0n) is 15.3. The lowest BCUT2D eigenvalue weighted by atomic mass is 10.1. The van der Waals surface area contributed by atoms with Gasteiger partial charge in [-0.15, -0.1) is 0 Å². The second-order valence-electron chi connectivity index (χ2n) is 6.75. The number of thioether (sulfide) groups is 1. The van der Waals surface area contributed by atoms with E-state index in [1.165, 1.54) is 25.6 Å². The highest BCUT2D eigenvalue weighted by molar-refractivity contribution is 8.27. The lowest BCUT2D eigenvalue weighted by Gasteiger charge is -2.11. The van der Waals surface area contributed by atoms with E-state index in [4.69, 9.17) is 14.5 Å². The molecule has 1 heterocycles. The van der Waals surface area contributed by atoms with Crippen LogP contribution in [0.2, 0.25) is 0 Å². The average Bonchev–Trinajstić information content (AvgIpc) is 3.28. The lowest BCUT2D eigenvalue weighted by Crippen LogP contribution is -2.14. The van der Waals surface area contributed by atoms with E-state index in [1.54, 1.807) is 18.2 Å². The summed E-state index contributed by atoms with van der Waals surface area (Å²) in [5, 5.41) is 0.749. The van der Waals surface area contributed by atoms with E-state index in [-0.39, 0.29) is 22.5 Å². The number of hydrogen-bond donors (Lipinski definition) is 0. The first kappa shape index (κ1) is 18.4. The smallest absolute Gasteiger partial charge is 0.308 e. The summed E-state index contributed by atoms with van der Waals surface area (Å²) in [6, 6.07) is 14.6. The Morgan fingerprint density at radius 1 is 1.04 bits per heavy atom. The molecule has 0 N–H and O–H groups in total. The highest BCUT2D eigenvalue weighted by atomic mass is 32.2. The summed E-state index contributed by atoms with van der Waals surface area (Å²) in [7, 11) is 0. The molecule has 0 saturated heterocycles. The fraction of sp³-hybridized carbons (Fsp3) is 0.238.